The van der Waals surface area contributed by atoms with Gasteiger partial charge in [-0.25, -0.2) is 9.59 Å². The molecule has 0 saturated heterocycles. The zero-order valence-corrected chi connectivity index (χ0v) is 13.2. The van der Waals surface area contributed by atoms with Gasteiger partial charge in [0, 0.05) is 23.9 Å². The number of carbonyl (C=O) groups excluding carboxylic acids is 1. The summed E-state index contributed by atoms with van der Waals surface area (Å²) in [6, 6.07) is 3.29. The molecule has 1 heterocycles. The van der Waals surface area contributed by atoms with Crippen molar-refractivity contribution in [3.63, 3.8) is 0 Å². The van der Waals surface area contributed by atoms with Gasteiger partial charge in [0.2, 0.25) is 0 Å². The summed E-state index contributed by atoms with van der Waals surface area (Å²) in [5.41, 5.74) is 0.241. The van der Waals surface area contributed by atoms with Crippen molar-refractivity contribution in [2.75, 3.05) is 6.54 Å². The van der Waals surface area contributed by atoms with E-state index >= 15 is 0 Å². The molecule has 120 valence electrons. The second-order valence-corrected chi connectivity index (χ2v) is 6.73. The number of hydrogen-bond donors (Lipinski definition) is 2. The number of aromatic carboxylic acids is 1. The maximum absolute atomic E-state index is 11.8. The van der Waals surface area contributed by atoms with E-state index in [0.29, 0.717) is 6.54 Å². The summed E-state index contributed by atoms with van der Waals surface area (Å²) in [6.07, 6.45) is 3.83. The monoisotopic (exact) mass is 306 g/mol. The molecule has 0 bridgehead atoms. The molecule has 1 aromatic rings. The first-order valence-electron chi connectivity index (χ1n) is 7.39. The van der Waals surface area contributed by atoms with Gasteiger partial charge in [-0.3, -0.25) is 4.98 Å². The van der Waals surface area contributed by atoms with E-state index in [0.717, 1.165) is 25.0 Å². The lowest BCUT2D eigenvalue weighted by Gasteiger charge is -2.41. The number of ether oxygens (including phenoxy) is 1. The maximum atomic E-state index is 11.8. The molecular formula is C16H22N2O4. The van der Waals surface area contributed by atoms with Crippen molar-refractivity contribution in [2.24, 2.45) is 0 Å². The number of nitrogens with one attached hydrogen (secondary N) is 1. The summed E-state index contributed by atoms with van der Waals surface area (Å²) in [5, 5.41) is 11.7. The van der Waals surface area contributed by atoms with Crippen LogP contribution in [0.2, 0.25) is 0 Å². The highest BCUT2D eigenvalue weighted by Gasteiger charge is 2.40. The summed E-state index contributed by atoms with van der Waals surface area (Å²) < 4.78 is 5.24. The van der Waals surface area contributed by atoms with Crippen molar-refractivity contribution in [1.82, 2.24) is 10.3 Å². The molecule has 1 saturated carbocycles. The molecule has 0 aromatic carbocycles. The van der Waals surface area contributed by atoms with Crippen LogP contribution in [0.1, 0.15) is 56.1 Å². The fraction of sp³-hybridized carbons (Fsp3) is 0.562. The molecule has 1 aliphatic rings. The molecule has 0 unspecified atom stereocenters. The number of aromatic nitrogens is 1. The van der Waals surface area contributed by atoms with E-state index in [-0.39, 0.29) is 11.0 Å². The Morgan fingerprint density at radius 1 is 1.36 bits per heavy atom. The Kier molecular flexibility index (Phi) is 4.39. The molecule has 0 radical (unpaired) electrons. The average Bonchev–Trinajstić information content (AvgIpc) is 2.36. The van der Waals surface area contributed by atoms with Crippen LogP contribution in [0.15, 0.2) is 18.3 Å². The van der Waals surface area contributed by atoms with Gasteiger partial charge in [0.25, 0.3) is 0 Å². The first-order valence-corrected chi connectivity index (χ1v) is 7.39. The number of pyridine rings is 1. The second-order valence-electron chi connectivity index (χ2n) is 6.73. The molecule has 6 heteroatoms. The molecule has 1 fully saturated rings. The van der Waals surface area contributed by atoms with Crippen LogP contribution in [-0.4, -0.2) is 34.3 Å². The van der Waals surface area contributed by atoms with Gasteiger partial charge in [-0.15, -0.1) is 0 Å². The first kappa shape index (κ1) is 16.3. The molecule has 6 nitrogen and oxygen atoms in total. The van der Waals surface area contributed by atoms with Crippen molar-refractivity contribution in [3.05, 3.63) is 29.6 Å². The average molecular weight is 306 g/mol. The summed E-state index contributed by atoms with van der Waals surface area (Å²) in [4.78, 5) is 26.9. The summed E-state index contributed by atoms with van der Waals surface area (Å²) in [6.45, 7) is 5.90. The second kappa shape index (κ2) is 5.94. The third-order valence-corrected chi connectivity index (χ3v) is 3.83. The molecule has 1 aromatic heterocycles. The lowest BCUT2D eigenvalue weighted by molar-refractivity contribution is 0.0497. The van der Waals surface area contributed by atoms with Gasteiger partial charge in [-0.1, -0.05) is 6.42 Å². The van der Waals surface area contributed by atoms with Crippen LogP contribution in [0.5, 0.6) is 0 Å². The van der Waals surface area contributed by atoms with Gasteiger partial charge >= 0.3 is 12.1 Å². The molecule has 2 N–H and O–H groups in total. The van der Waals surface area contributed by atoms with Gasteiger partial charge in [0.05, 0.1) is 5.56 Å². The molecule has 0 atom stereocenters. The zero-order chi connectivity index (χ0) is 16.4. The number of hydrogen-bond acceptors (Lipinski definition) is 4. The number of alkyl carbamates (subject to hydrolysis) is 1. The van der Waals surface area contributed by atoms with Gasteiger partial charge < -0.3 is 15.2 Å². The SMILES string of the molecule is CC(C)(C)OC(=O)NCC1(c2ccc(C(=O)O)cn2)CCC1. The van der Waals surface area contributed by atoms with Crippen molar-refractivity contribution >= 4 is 12.1 Å². The minimum Gasteiger partial charge on any atom is -0.478 e. The number of nitrogens with zero attached hydrogens (tertiary/aromatic N) is 1. The summed E-state index contributed by atoms with van der Waals surface area (Å²) in [5.74, 6) is -0.992. The lowest BCUT2D eigenvalue weighted by Crippen LogP contribution is -2.47. The summed E-state index contributed by atoms with van der Waals surface area (Å²) >= 11 is 0. The van der Waals surface area contributed by atoms with Crippen LogP contribution in [0.25, 0.3) is 0 Å². The quantitative estimate of drug-likeness (QED) is 0.893. The van der Waals surface area contributed by atoms with Gasteiger partial charge in [0.15, 0.2) is 0 Å². The van der Waals surface area contributed by atoms with Crippen LogP contribution in [-0.2, 0) is 10.2 Å². The lowest BCUT2D eigenvalue weighted by atomic mass is 9.66. The third-order valence-electron chi connectivity index (χ3n) is 3.83. The Labute approximate surface area is 129 Å². The van der Waals surface area contributed by atoms with Crippen LogP contribution in [0.3, 0.4) is 0 Å². The topological polar surface area (TPSA) is 88.5 Å². The number of amides is 1. The van der Waals surface area contributed by atoms with E-state index in [1.54, 1.807) is 12.1 Å². The third kappa shape index (κ3) is 3.75. The summed E-state index contributed by atoms with van der Waals surface area (Å²) in [7, 11) is 0. The predicted molar refractivity (Wildman–Crippen MR) is 81.0 cm³/mol. The van der Waals surface area contributed by atoms with E-state index in [2.05, 4.69) is 10.3 Å². The Morgan fingerprint density at radius 3 is 2.45 bits per heavy atom. The van der Waals surface area contributed by atoms with E-state index in [4.69, 9.17) is 9.84 Å². The van der Waals surface area contributed by atoms with E-state index in [9.17, 15) is 9.59 Å². The van der Waals surface area contributed by atoms with E-state index < -0.39 is 17.7 Å². The fourth-order valence-electron chi connectivity index (χ4n) is 2.52. The highest BCUT2D eigenvalue weighted by atomic mass is 16.6. The molecule has 22 heavy (non-hydrogen) atoms. The first-order chi connectivity index (χ1) is 10.2. The smallest absolute Gasteiger partial charge is 0.407 e. The minimum atomic E-state index is -0.992. The van der Waals surface area contributed by atoms with Crippen molar-refractivity contribution in [1.29, 1.82) is 0 Å². The van der Waals surface area contributed by atoms with E-state index in [1.165, 1.54) is 6.20 Å². The Morgan fingerprint density at radius 2 is 2.05 bits per heavy atom. The molecule has 1 amide bonds. The Bertz CT molecular complexity index is 557. The van der Waals surface area contributed by atoms with Gasteiger partial charge in [0.1, 0.15) is 5.60 Å². The van der Waals surface area contributed by atoms with Crippen LogP contribution >= 0.6 is 0 Å². The van der Waals surface area contributed by atoms with Crippen LogP contribution in [0.4, 0.5) is 4.79 Å². The van der Waals surface area contributed by atoms with Crippen molar-refractivity contribution in [2.45, 2.75) is 51.0 Å². The van der Waals surface area contributed by atoms with Crippen molar-refractivity contribution in [3.8, 4) is 0 Å². The fourth-order valence-corrected chi connectivity index (χ4v) is 2.52. The van der Waals surface area contributed by atoms with Crippen LogP contribution in [0, 0.1) is 0 Å². The highest BCUT2D eigenvalue weighted by molar-refractivity contribution is 5.87. The number of carbonyl (C=O) groups is 2. The minimum absolute atomic E-state index is 0.165. The highest BCUT2D eigenvalue weighted by Crippen LogP contribution is 2.42. The van der Waals surface area contributed by atoms with E-state index in [1.807, 2.05) is 20.8 Å². The number of rotatable bonds is 4. The molecule has 2 rings (SSSR count). The normalized spacial score (nSPS) is 16.5. The van der Waals surface area contributed by atoms with Gasteiger partial charge in [-0.2, -0.15) is 0 Å². The molecule has 0 spiro atoms. The molecule has 0 aliphatic heterocycles. The Hall–Kier alpha value is -2.11. The Balaban J connectivity index is 2.03. The molecular weight excluding hydrogens is 284 g/mol. The van der Waals surface area contributed by atoms with Gasteiger partial charge in [-0.05, 0) is 45.7 Å². The van der Waals surface area contributed by atoms with Crippen LogP contribution < -0.4 is 5.32 Å². The number of carboxylic acids is 1. The standard InChI is InChI=1S/C16H22N2O4/c1-15(2,3)22-14(21)18-10-16(7-4-8-16)12-6-5-11(9-17-12)13(19)20/h5-6,9H,4,7-8,10H2,1-3H3,(H,18,21)(H,19,20). The largest absolute Gasteiger partial charge is 0.478 e. The van der Waals surface area contributed by atoms with Crippen molar-refractivity contribution < 1.29 is 19.4 Å². The zero-order valence-electron chi connectivity index (χ0n) is 13.2. The maximum Gasteiger partial charge on any atom is 0.407 e. The molecule has 1 aliphatic carbocycles. The predicted octanol–water partition coefficient (Wildman–Crippen LogP) is 2.73. The number of carboxylic acid groups (broad SMARTS) is 1.